The summed E-state index contributed by atoms with van der Waals surface area (Å²) in [4.78, 5) is 21.8. The van der Waals surface area contributed by atoms with Crippen molar-refractivity contribution in [1.82, 2.24) is 5.32 Å². The van der Waals surface area contributed by atoms with Crippen LogP contribution in [0.2, 0.25) is 0 Å². The van der Waals surface area contributed by atoms with Gasteiger partial charge in [-0.2, -0.15) is 0 Å². The number of para-hydroxylation sites is 1. The van der Waals surface area contributed by atoms with E-state index in [1.807, 2.05) is 0 Å². The van der Waals surface area contributed by atoms with Gasteiger partial charge >= 0.3 is 5.97 Å². The van der Waals surface area contributed by atoms with Crippen molar-refractivity contribution in [2.24, 2.45) is 0 Å². The third kappa shape index (κ3) is 3.30. The number of benzene rings is 1. The van der Waals surface area contributed by atoms with Gasteiger partial charge < -0.3 is 15.7 Å². The van der Waals surface area contributed by atoms with Crippen molar-refractivity contribution in [3.05, 3.63) is 29.8 Å². The monoisotopic (exact) mass is 235 g/mol. The maximum atomic E-state index is 11.3. The second-order valence-corrected chi connectivity index (χ2v) is 3.25. The number of rotatable bonds is 5. The number of hydrogen-bond donors (Lipinski definition) is 4. The molecule has 0 aliphatic heterocycles. The van der Waals surface area contributed by atoms with E-state index in [4.69, 9.17) is 10.5 Å². The minimum Gasteiger partial charge on any atom is -0.480 e. The van der Waals surface area contributed by atoms with Crippen molar-refractivity contribution in [2.45, 2.75) is 0 Å². The highest BCUT2D eigenvalue weighted by atomic mass is 16.4. The number of likely N-dealkylation sites (N-methyl/N-ethyl adjacent to an activating group) is 1. The van der Waals surface area contributed by atoms with Crippen molar-refractivity contribution in [1.29, 1.82) is 5.41 Å². The maximum absolute atomic E-state index is 11.3. The number of carbonyl (C=O) groups is 2. The van der Waals surface area contributed by atoms with Gasteiger partial charge in [-0.3, -0.25) is 15.0 Å². The van der Waals surface area contributed by atoms with Crippen LogP contribution in [0.25, 0.3) is 0 Å². The van der Waals surface area contributed by atoms with Crippen LogP contribution in [0.4, 0.5) is 5.69 Å². The summed E-state index contributed by atoms with van der Waals surface area (Å²) in [5.41, 5.74) is 0.609. The first-order valence-electron chi connectivity index (χ1n) is 4.92. The summed E-state index contributed by atoms with van der Waals surface area (Å²) in [5.74, 6) is -1.53. The van der Waals surface area contributed by atoms with Crippen molar-refractivity contribution >= 4 is 23.3 Å². The molecule has 4 N–H and O–H groups in total. The summed E-state index contributed by atoms with van der Waals surface area (Å²) in [6.45, 7) is -0.266. The molecule has 1 amide bonds. The molecule has 0 unspecified atom stereocenters. The molecule has 17 heavy (non-hydrogen) atoms. The molecule has 1 rings (SSSR count). The second kappa shape index (κ2) is 5.64. The van der Waals surface area contributed by atoms with Gasteiger partial charge in [0.05, 0.1) is 0 Å². The summed E-state index contributed by atoms with van der Waals surface area (Å²) in [6.07, 6.45) is 0. The summed E-state index contributed by atoms with van der Waals surface area (Å²) in [5, 5.41) is 21.2. The van der Waals surface area contributed by atoms with Gasteiger partial charge in [0.2, 0.25) is 0 Å². The fraction of sp³-hybridized carbons (Fsp3) is 0.182. The van der Waals surface area contributed by atoms with E-state index in [1.54, 1.807) is 24.3 Å². The van der Waals surface area contributed by atoms with Crippen LogP contribution in [-0.2, 0) is 9.59 Å². The standard InChI is InChI=1S/C11H13N3O3/c1-13-11(17)10(12)7-4-2-3-5-8(7)14-6-9(15)16/h2-5,12,14H,6H2,1H3,(H,13,17)(H,15,16). The lowest BCUT2D eigenvalue weighted by molar-refractivity contribution is -0.134. The molecule has 0 aromatic heterocycles. The highest BCUT2D eigenvalue weighted by Gasteiger charge is 2.13. The van der Waals surface area contributed by atoms with Gasteiger partial charge in [-0.05, 0) is 6.07 Å². The summed E-state index contributed by atoms with van der Waals surface area (Å²) in [6, 6.07) is 6.58. The molecule has 0 aliphatic rings. The number of anilines is 1. The van der Waals surface area contributed by atoms with Gasteiger partial charge in [0.15, 0.2) is 0 Å². The molecular weight excluding hydrogens is 222 g/mol. The highest BCUT2D eigenvalue weighted by Crippen LogP contribution is 2.15. The first-order chi connectivity index (χ1) is 8.06. The molecule has 1 aromatic rings. The lowest BCUT2D eigenvalue weighted by Crippen LogP contribution is -2.28. The second-order valence-electron chi connectivity index (χ2n) is 3.25. The van der Waals surface area contributed by atoms with Crippen LogP contribution >= 0.6 is 0 Å². The lowest BCUT2D eigenvalue weighted by atomic mass is 10.1. The van der Waals surface area contributed by atoms with E-state index in [0.717, 1.165) is 0 Å². The maximum Gasteiger partial charge on any atom is 0.322 e. The molecule has 0 atom stereocenters. The minimum atomic E-state index is -1.01. The van der Waals surface area contributed by atoms with Gasteiger partial charge in [-0.25, -0.2) is 0 Å². The van der Waals surface area contributed by atoms with E-state index in [-0.39, 0.29) is 12.3 Å². The topological polar surface area (TPSA) is 102 Å². The largest absolute Gasteiger partial charge is 0.480 e. The Morgan fingerprint density at radius 3 is 2.59 bits per heavy atom. The van der Waals surface area contributed by atoms with Crippen LogP contribution in [0, 0.1) is 5.41 Å². The zero-order valence-corrected chi connectivity index (χ0v) is 9.28. The Morgan fingerprint density at radius 2 is 2.00 bits per heavy atom. The van der Waals surface area contributed by atoms with Crippen molar-refractivity contribution in [3.63, 3.8) is 0 Å². The van der Waals surface area contributed by atoms with Gasteiger partial charge in [-0.15, -0.1) is 0 Å². The van der Waals surface area contributed by atoms with E-state index < -0.39 is 11.9 Å². The molecule has 0 spiro atoms. The average Bonchev–Trinajstić information content (AvgIpc) is 2.34. The Hall–Kier alpha value is -2.37. The Balaban J connectivity index is 2.95. The van der Waals surface area contributed by atoms with Crippen molar-refractivity contribution < 1.29 is 14.7 Å². The van der Waals surface area contributed by atoms with Crippen LogP contribution in [-0.4, -0.2) is 36.3 Å². The number of amides is 1. The van der Waals surface area contributed by atoms with Gasteiger partial charge in [0.25, 0.3) is 5.91 Å². The smallest absolute Gasteiger partial charge is 0.322 e. The number of aliphatic carboxylic acids is 1. The molecule has 1 aromatic carbocycles. The van der Waals surface area contributed by atoms with E-state index in [0.29, 0.717) is 11.3 Å². The van der Waals surface area contributed by atoms with E-state index in [9.17, 15) is 9.59 Å². The molecule has 0 saturated carbocycles. The molecular formula is C11H13N3O3. The molecule has 6 nitrogen and oxygen atoms in total. The van der Waals surface area contributed by atoms with Gasteiger partial charge in [0, 0.05) is 18.3 Å². The molecule has 6 heteroatoms. The van der Waals surface area contributed by atoms with Crippen molar-refractivity contribution in [3.8, 4) is 0 Å². The minimum absolute atomic E-state index is 0.207. The van der Waals surface area contributed by atoms with Crippen LogP contribution in [0.15, 0.2) is 24.3 Å². The van der Waals surface area contributed by atoms with Gasteiger partial charge in [-0.1, -0.05) is 18.2 Å². The Bertz CT molecular complexity index is 457. The van der Waals surface area contributed by atoms with Crippen molar-refractivity contribution in [2.75, 3.05) is 18.9 Å². The Kier molecular flexibility index (Phi) is 4.21. The van der Waals surface area contributed by atoms with E-state index >= 15 is 0 Å². The molecule has 0 radical (unpaired) electrons. The molecule has 0 heterocycles. The zero-order chi connectivity index (χ0) is 12.8. The number of nitrogens with one attached hydrogen (secondary N) is 3. The molecule has 0 fully saturated rings. The number of carboxylic acids is 1. The van der Waals surface area contributed by atoms with Gasteiger partial charge in [0.1, 0.15) is 12.3 Å². The fourth-order valence-corrected chi connectivity index (χ4v) is 1.27. The van der Waals surface area contributed by atoms with E-state index in [2.05, 4.69) is 10.6 Å². The summed E-state index contributed by atoms with van der Waals surface area (Å²) >= 11 is 0. The predicted molar refractivity (Wildman–Crippen MR) is 63.5 cm³/mol. The predicted octanol–water partition coefficient (Wildman–Crippen LogP) is 0.297. The fourth-order valence-electron chi connectivity index (χ4n) is 1.27. The van der Waals surface area contributed by atoms with Crippen LogP contribution in [0.1, 0.15) is 5.56 Å². The SMILES string of the molecule is CNC(=O)C(=N)c1ccccc1NCC(=O)O. The highest BCUT2D eigenvalue weighted by molar-refractivity contribution is 6.45. The molecule has 0 aliphatic carbocycles. The van der Waals surface area contributed by atoms with Crippen LogP contribution in [0.3, 0.4) is 0 Å². The number of hydrogen-bond acceptors (Lipinski definition) is 4. The average molecular weight is 235 g/mol. The first-order valence-corrected chi connectivity index (χ1v) is 4.92. The Labute approximate surface area is 98.2 Å². The third-order valence-electron chi connectivity index (χ3n) is 2.08. The Morgan fingerprint density at radius 1 is 1.35 bits per heavy atom. The third-order valence-corrected chi connectivity index (χ3v) is 2.08. The molecule has 0 saturated heterocycles. The van der Waals surface area contributed by atoms with E-state index in [1.165, 1.54) is 7.05 Å². The summed E-state index contributed by atoms with van der Waals surface area (Å²) in [7, 11) is 1.43. The molecule has 90 valence electrons. The number of carboxylic acid groups (broad SMARTS) is 1. The molecule has 0 bridgehead atoms. The number of carbonyl (C=O) groups excluding carboxylic acids is 1. The quantitative estimate of drug-likeness (QED) is 0.551. The first kappa shape index (κ1) is 12.7. The van der Waals surface area contributed by atoms with Crippen LogP contribution < -0.4 is 10.6 Å². The van der Waals surface area contributed by atoms with Crippen LogP contribution in [0.5, 0.6) is 0 Å². The zero-order valence-electron chi connectivity index (χ0n) is 9.28. The normalized spacial score (nSPS) is 9.47. The lowest BCUT2D eigenvalue weighted by Gasteiger charge is -2.10. The summed E-state index contributed by atoms with van der Waals surface area (Å²) < 4.78 is 0.